The van der Waals surface area contributed by atoms with Gasteiger partial charge in [-0.15, -0.1) is 0 Å². The van der Waals surface area contributed by atoms with Crippen LogP contribution in [0.15, 0.2) is 42.5 Å². The summed E-state index contributed by atoms with van der Waals surface area (Å²) in [6, 6.07) is 13.3. The van der Waals surface area contributed by atoms with Crippen molar-refractivity contribution in [2.75, 3.05) is 11.9 Å². The zero-order valence-corrected chi connectivity index (χ0v) is 12.5. The third kappa shape index (κ3) is 3.19. The van der Waals surface area contributed by atoms with E-state index in [-0.39, 0.29) is 11.8 Å². The molecule has 0 bridgehead atoms. The molecule has 21 heavy (non-hydrogen) atoms. The van der Waals surface area contributed by atoms with Crippen molar-refractivity contribution in [3.05, 3.63) is 58.6 Å². The van der Waals surface area contributed by atoms with Crippen LogP contribution in [0.4, 0.5) is 5.69 Å². The van der Waals surface area contributed by atoms with E-state index >= 15 is 0 Å². The molecule has 1 aliphatic rings. The zero-order valence-electron chi connectivity index (χ0n) is 11.7. The Morgan fingerprint density at radius 3 is 2.95 bits per heavy atom. The summed E-state index contributed by atoms with van der Waals surface area (Å²) in [4.78, 5) is 12.3. The summed E-state index contributed by atoms with van der Waals surface area (Å²) in [6.07, 6.45) is 0.646. The van der Waals surface area contributed by atoms with Gasteiger partial charge in [-0.2, -0.15) is 0 Å². The van der Waals surface area contributed by atoms with Crippen LogP contribution in [0.1, 0.15) is 11.1 Å². The molecule has 0 aliphatic carbocycles. The minimum atomic E-state index is -0.198. The van der Waals surface area contributed by atoms with Gasteiger partial charge in [-0.3, -0.25) is 4.79 Å². The first-order chi connectivity index (χ1) is 10.1. The van der Waals surface area contributed by atoms with Crippen LogP contribution in [0.2, 0.25) is 5.02 Å². The standard InChI is InChI=1S/C17H16ClNO2/c1-11-3-2-4-15(7-11)19-17(20)13-8-12-9-14(18)5-6-16(12)21-10-13/h2-7,9,13H,8,10H2,1H3,(H,19,20)/t13-/m1/s1. The van der Waals surface area contributed by atoms with Crippen LogP contribution in [-0.2, 0) is 11.2 Å². The predicted molar refractivity (Wildman–Crippen MR) is 83.9 cm³/mol. The molecule has 0 spiro atoms. The van der Waals surface area contributed by atoms with Gasteiger partial charge in [-0.25, -0.2) is 0 Å². The Bertz CT molecular complexity index is 684. The highest BCUT2D eigenvalue weighted by molar-refractivity contribution is 6.30. The fraction of sp³-hybridized carbons (Fsp3) is 0.235. The predicted octanol–water partition coefficient (Wildman–Crippen LogP) is 3.84. The first kappa shape index (κ1) is 14.0. The van der Waals surface area contributed by atoms with Crippen molar-refractivity contribution >= 4 is 23.2 Å². The van der Waals surface area contributed by atoms with E-state index in [9.17, 15) is 4.79 Å². The smallest absolute Gasteiger partial charge is 0.231 e. The molecule has 0 unspecified atom stereocenters. The maximum Gasteiger partial charge on any atom is 0.231 e. The van der Waals surface area contributed by atoms with E-state index in [0.29, 0.717) is 18.1 Å². The molecule has 4 heteroatoms. The summed E-state index contributed by atoms with van der Waals surface area (Å²) in [5.41, 5.74) is 2.92. The van der Waals surface area contributed by atoms with E-state index in [1.165, 1.54) is 0 Å². The maximum atomic E-state index is 12.3. The van der Waals surface area contributed by atoms with Crippen LogP contribution in [0.5, 0.6) is 5.75 Å². The number of carbonyl (C=O) groups excluding carboxylic acids is 1. The van der Waals surface area contributed by atoms with Crippen LogP contribution < -0.4 is 10.1 Å². The normalized spacial score (nSPS) is 16.8. The van der Waals surface area contributed by atoms with Crippen molar-refractivity contribution in [2.45, 2.75) is 13.3 Å². The van der Waals surface area contributed by atoms with Gasteiger partial charge in [-0.05, 0) is 54.8 Å². The number of nitrogens with one attached hydrogen (secondary N) is 1. The molecule has 3 rings (SSSR count). The summed E-state index contributed by atoms with van der Waals surface area (Å²) >= 11 is 6.00. The third-order valence-corrected chi connectivity index (χ3v) is 3.82. The summed E-state index contributed by atoms with van der Waals surface area (Å²) in [6.45, 7) is 2.39. The average molecular weight is 302 g/mol. The SMILES string of the molecule is Cc1cccc(NC(=O)[C@H]2COc3ccc(Cl)cc3C2)c1. The first-order valence-corrected chi connectivity index (χ1v) is 7.28. The second-order valence-electron chi connectivity index (χ2n) is 5.32. The molecule has 0 radical (unpaired) electrons. The number of hydrogen-bond acceptors (Lipinski definition) is 2. The number of fused-ring (bicyclic) bond motifs is 1. The van der Waals surface area contributed by atoms with Gasteiger partial charge in [0.25, 0.3) is 0 Å². The van der Waals surface area contributed by atoms with Crippen molar-refractivity contribution in [1.82, 2.24) is 0 Å². The van der Waals surface area contributed by atoms with Gasteiger partial charge in [0, 0.05) is 10.7 Å². The molecule has 1 aliphatic heterocycles. The van der Waals surface area contributed by atoms with Crippen molar-refractivity contribution in [3.63, 3.8) is 0 Å². The molecular weight excluding hydrogens is 286 g/mol. The Kier molecular flexibility index (Phi) is 3.84. The van der Waals surface area contributed by atoms with E-state index in [0.717, 1.165) is 22.6 Å². The summed E-state index contributed by atoms with van der Waals surface area (Å²) in [7, 11) is 0. The van der Waals surface area contributed by atoms with E-state index in [2.05, 4.69) is 5.32 Å². The number of benzene rings is 2. The molecule has 108 valence electrons. The second kappa shape index (κ2) is 5.78. The highest BCUT2D eigenvalue weighted by Gasteiger charge is 2.26. The monoisotopic (exact) mass is 301 g/mol. The van der Waals surface area contributed by atoms with Gasteiger partial charge in [0.2, 0.25) is 5.91 Å². The van der Waals surface area contributed by atoms with E-state index in [1.54, 1.807) is 6.07 Å². The molecular formula is C17H16ClNO2. The highest BCUT2D eigenvalue weighted by atomic mass is 35.5. The molecule has 1 atom stereocenters. The number of aryl methyl sites for hydroxylation is 1. The molecule has 3 nitrogen and oxygen atoms in total. The molecule has 1 N–H and O–H groups in total. The minimum absolute atomic E-state index is 0.0220. The average Bonchev–Trinajstić information content (AvgIpc) is 2.46. The summed E-state index contributed by atoms with van der Waals surface area (Å²) < 4.78 is 5.65. The number of rotatable bonds is 2. The third-order valence-electron chi connectivity index (χ3n) is 3.59. The van der Waals surface area contributed by atoms with Gasteiger partial charge in [0.15, 0.2) is 0 Å². The Morgan fingerprint density at radius 2 is 2.14 bits per heavy atom. The lowest BCUT2D eigenvalue weighted by Gasteiger charge is -2.24. The molecule has 0 saturated heterocycles. The zero-order chi connectivity index (χ0) is 14.8. The van der Waals surface area contributed by atoms with Crippen LogP contribution in [0.25, 0.3) is 0 Å². The number of halogens is 1. The topological polar surface area (TPSA) is 38.3 Å². The van der Waals surface area contributed by atoms with E-state index in [1.807, 2.05) is 43.3 Å². The number of hydrogen-bond donors (Lipinski definition) is 1. The van der Waals surface area contributed by atoms with Crippen molar-refractivity contribution in [1.29, 1.82) is 0 Å². The summed E-state index contributed by atoms with van der Waals surface area (Å²) in [5.74, 6) is 0.599. The number of anilines is 1. The molecule has 0 saturated carbocycles. The maximum absolute atomic E-state index is 12.3. The van der Waals surface area contributed by atoms with E-state index in [4.69, 9.17) is 16.3 Å². The van der Waals surface area contributed by atoms with Gasteiger partial charge in [0.1, 0.15) is 12.4 Å². The fourth-order valence-corrected chi connectivity index (χ4v) is 2.69. The van der Waals surface area contributed by atoms with E-state index < -0.39 is 0 Å². The van der Waals surface area contributed by atoms with Crippen molar-refractivity contribution in [2.24, 2.45) is 5.92 Å². The number of amides is 1. The quantitative estimate of drug-likeness (QED) is 0.915. The van der Waals surface area contributed by atoms with Gasteiger partial charge >= 0.3 is 0 Å². The molecule has 1 amide bonds. The minimum Gasteiger partial charge on any atom is -0.492 e. The Hall–Kier alpha value is -2.00. The van der Waals surface area contributed by atoms with Crippen LogP contribution in [0.3, 0.4) is 0 Å². The molecule has 0 aromatic heterocycles. The fourth-order valence-electron chi connectivity index (χ4n) is 2.50. The number of ether oxygens (including phenoxy) is 1. The molecule has 2 aromatic carbocycles. The Labute approximate surface area is 128 Å². The molecule has 0 fully saturated rings. The Balaban J connectivity index is 1.72. The van der Waals surface area contributed by atoms with Crippen LogP contribution in [0, 0.1) is 12.8 Å². The largest absolute Gasteiger partial charge is 0.492 e. The van der Waals surface area contributed by atoms with Gasteiger partial charge in [0.05, 0.1) is 5.92 Å². The Morgan fingerprint density at radius 1 is 1.29 bits per heavy atom. The van der Waals surface area contributed by atoms with Crippen LogP contribution in [-0.4, -0.2) is 12.5 Å². The molecule has 2 aromatic rings. The lowest BCUT2D eigenvalue weighted by Crippen LogP contribution is -2.32. The van der Waals surface area contributed by atoms with Gasteiger partial charge in [-0.1, -0.05) is 23.7 Å². The first-order valence-electron chi connectivity index (χ1n) is 6.90. The number of carbonyl (C=O) groups is 1. The second-order valence-corrected chi connectivity index (χ2v) is 5.76. The highest BCUT2D eigenvalue weighted by Crippen LogP contribution is 2.30. The van der Waals surface area contributed by atoms with Crippen LogP contribution >= 0.6 is 11.6 Å². The van der Waals surface area contributed by atoms with Crippen molar-refractivity contribution in [3.8, 4) is 5.75 Å². The van der Waals surface area contributed by atoms with Crippen molar-refractivity contribution < 1.29 is 9.53 Å². The van der Waals surface area contributed by atoms with Gasteiger partial charge < -0.3 is 10.1 Å². The molecule has 1 heterocycles. The lowest BCUT2D eigenvalue weighted by atomic mass is 9.96. The summed E-state index contributed by atoms with van der Waals surface area (Å²) in [5, 5.41) is 3.61. The lowest BCUT2D eigenvalue weighted by molar-refractivity contribution is -0.121.